The predicted molar refractivity (Wildman–Crippen MR) is 125 cm³/mol. The number of halogens is 2. The van der Waals surface area contributed by atoms with Gasteiger partial charge in [-0.2, -0.15) is 12.7 Å². The van der Waals surface area contributed by atoms with Crippen molar-refractivity contribution in [2.75, 3.05) is 11.9 Å². The van der Waals surface area contributed by atoms with Gasteiger partial charge in [-0.05, 0) is 78.1 Å². The van der Waals surface area contributed by atoms with Crippen molar-refractivity contribution in [3.05, 3.63) is 39.0 Å². The van der Waals surface area contributed by atoms with Crippen LogP contribution in [0.3, 0.4) is 0 Å². The molecule has 0 saturated heterocycles. The molecule has 3 aromatic rings. The minimum Gasteiger partial charge on any atom is -0.443 e. The van der Waals surface area contributed by atoms with Crippen LogP contribution in [0.1, 0.15) is 33.6 Å². The average molecular weight is 590 g/mol. The molecule has 1 aromatic carbocycles. The fraction of sp³-hybridized carbons (Fsp3) is 0.421. The van der Waals surface area contributed by atoms with E-state index in [0.717, 1.165) is 10.6 Å². The van der Waals surface area contributed by atoms with Crippen LogP contribution in [-0.2, 0) is 14.9 Å². The molecule has 2 aromatic heterocycles. The molecule has 17 heteroatoms. The number of nitrogens with two attached hydrogens (primary N) is 1. The highest BCUT2D eigenvalue weighted by molar-refractivity contribution is 9.10. The fourth-order valence-electron chi connectivity index (χ4n) is 3.42. The van der Waals surface area contributed by atoms with Gasteiger partial charge in [-0.15, -0.1) is 0 Å². The Morgan fingerprint density at radius 3 is 2.61 bits per heavy atom. The number of carbonyl (C=O) groups is 1. The van der Waals surface area contributed by atoms with Gasteiger partial charge in [-0.3, -0.25) is 4.52 Å². The lowest BCUT2D eigenvalue weighted by atomic mass is 10.2. The van der Waals surface area contributed by atoms with Gasteiger partial charge in [0.2, 0.25) is 11.6 Å². The van der Waals surface area contributed by atoms with Crippen molar-refractivity contribution in [3.8, 4) is 17.2 Å². The number of nitrogens with zero attached hydrogens (tertiary/aromatic N) is 5. The molecule has 0 aliphatic heterocycles. The molecule has 3 N–H and O–H groups in total. The number of nitrogens with one attached hydrogen (secondary N) is 1. The topological polar surface area (TPSA) is 189 Å². The highest BCUT2D eigenvalue weighted by Gasteiger charge is 2.56. The van der Waals surface area contributed by atoms with Crippen LogP contribution in [0, 0.1) is 5.82 Å². The molecule has 1 saturated carbocycles. The van der Waals surface area contributed by atoms with Crippen molar-refractivity contribution in [1.29, 1.82) is 0 Å². The maximum atomic E-state index is 13.7. The van der Waals surface area contributed by atoms with Gasteiger partial charge in [0.05, 0.1) is 15.7 Å². The van der Waals surface area contributed by atoms with Gasteiger partial charge in [-0.25, -0.2) is 28.3 Å². The van der Waals surface area contributed by atoms with Crippen LogP contribution >= 0.6 is 15.9 Å². The van der Waals surface area contributed by atoms with Crippen molar-refractivity contribution in [3.63, 3.8) is 0 Å². The molecule has 4 rings (SSSR count). The number of amides is 1. The molecule has 36 heavy (non-hydrogen) atoms. The van der Waals surface area contributed by atoms with Gasteiger partial charge in [0.1, 0.15) is 11.4 Å². The smallest absolute Gasteiger partial charge is 0.443 e. The largest absolute Gasteiger partial charge is 0.446 e. The number of hydrogen-bond acceptors (Lipinski definition) is 11. The Bertz CT molecular complexity index is 1470. The molecule has 0 bridgehead atoms. The molecule has 0 unspecified atom stereocenters. The zero-order chi connectivity index (χ0) is 26.5. The number of benzene rings is 1. The lowest BCUT2D eigenvalue weighted by molar-refractivity contribution is 0.0328. The Morgan fingerprint density at radius 1 is 1.33 bits per heavy atom. The number of rotatable bonds is 7. The Hall–Kier alpha value is -3.31. The van der Waals surface area contributed by atoms with Crippen molar-refractivity contribution >= 4 is 38.1 Å². The van der Waals surface area contributed by atoms with E-state index < -0.39 is 39.0 Å². The lowest BCUT2D eigenvalue weighted by Gasteiger charge is -2.31. The summed E-state index contributed by atoms with van der Waals surface area (Å²) in [5.74, 6) is -1.58. The minimum atomic E-state index is -4.48. The summed E-state index contributed by atoms with van der Waals surface area (Å²) in [5.41, 5.74) is -2.03. The summed E-state index contributed by atoms with van der Waals surface area (Å²) in [6.45, 7) is 4.64. The van der Waals surface area contributed by atoms with Crippen molar-refractivity contribution in [2.45, 2.75) is 44.8 Å². The van der Waals surface area contributed by atoms with Crippen molar-refractivity contribution in [1.82, 2.24) is 24.3 Å². The molecule has 0 spiro atoms. The monoisotopic (exact) mass is 589 g/mol. The lowest BCUT2D eigenvalue weighted by Crippen LogP contribution is -2.53. The average Bonchev–Trinajstić information content (AvgIpc) is 3.18. The Labute approximate surface area is 211 Å². The van der Waals surface area contributed by atoms with E-state index in [1.54, 1.807) is 20.8 Å². The van der Waals surface area contributed by atoms with E-state index in [1.807, 2.05) is 0 Å². The van der Waals surface area contributed by atoms with Gasteiger partial charge in [-0.1, -0.05) is 5.16 Å². The predicted octanol–water partition coefficient (Wildman–Crippen LogP) is 2.16. The number of hydrogen-bond donors (Lipinski definition) is 2. The summed E-state index contributed by atoms with van der Waals surface area (Å²) in [4.78, 5) is 25.0. The van der Waals surface area contributed by atoms with E-state index >= 15 is 0 Å². The summed E-state index contributed by atoms with van der Waals surface area (Å²) in [5, 5.41) is 19.4. The van der Waals surface area contributed by atoms with Crippen LogP contribution in [0.25, 0.3) is 17.2 Å². The van der Waals surface area contributed by atoms with Crippen LogP contribution in [0.2, 0.25) is 0 Å². The van der Waals surface area contributed by atoms with Gasteiger partial charge >= 0.3 is 22.1 Å². The van der Waals surface area contributed by atoms with Crippen LogP contribution in [0.4, 0.5) is 15.0 Å². The SMILES string of the molecule is CC(C)(C)OC(=O)N(C1(CNc2nonc2-c2noc(=O)n2-c2ccc(F)c(Br)c2)CC1)S(N)(=O)=O. The van der Waals surface area contributed by atoms with Crippen molar-refractivity contribution in [2.24, 2.45) is 5.14 Å². The van der Waals surface area contributed by atoms with Crippen LogP contribution in [-0.4, -0.2) is 56.5 Å². The molecular formula is C19H21BrFN7O7S. The third-order valence-corrected chi connectivity index (χ3v) is 6.78. The summed E-state index contributed by atoms with van der Waals surface area (Å²) < 4.78 is 54.7. The molecule has 0 radical (unpaired) electrons. The molecule has 2 heterocycles. The van der Waals surface area contributed by atoms with Gasteiger partial charge in [0, 0.05) is 6.54 Å². The molecular weight excluding hydrogens is 569 g/mol. The fourth-order valence-corrected chi connectivity index (χ4v) is 4.82. The van der Waals surface area contributed by atoms with Crippen LogP contribution < -0.4 is 16.2 Å². The normalized spacial score (nSPS) is 14.9. The van der Waals surface area contributed by atoms with Gasteiger partial charge in [0.25, 0.3) is 0 Å². The molecule has 0 atom stereocenters. The first-order valence-electron chi connectivity index (χ1n) is 10.4. The number of carbonyl (C=O) groups excluding carboxylic acids is 1. The molecule has 1 aliphatic carbocycles. The Balaban J connectivity index is 1.63. The van der Waals surface area contributed by atoms with E-state index in [-0.39, 0.29) is 34.0 Å². The molecule has 194 valence electrons. The van der Waals surface area contributed by atoms with Crippen molar-refractivity contribution < 1.29 is 31.5 Å². The summed E-state index contributed by atoms with van der Waals surface area (Å²) in [6.07, 6.45) is -0.515. The number of ether oxygens (including phenoxy) is 1. The quantitative estimate of drug-likeness (QED) is 0.410. The summed E-state index contributed by atoms with van der Waals surface area (Å²) in [6, 6.07) is 3.80. The third-order valence-electron chi connectivity index (χ3n) is 5.12. The van der Waals surface area contributed by atoms with E-state index in [2.05, 4.69) is 36.7 Å². The molecule has 1 fully saturated rings. The highest BCUT2D eigenvalue weighted by atomic mass is 79.9. The first-order chi connectivity index (χ1) is 16.7. The standard InChI is InChI=1S/C19H21BrFN7O7S/c1-18(2,3)33-17(30)28(36(22,31)32)19(6-7-19)9-23-14-13(24-35-25-14)15-26-34-16(29)27(15)10-4-5-12(21)11(20)8-10/h4-5,8H,6-7,9H2,1-3H3,(H,23,25)(H2,22,31,32). The van der Waals surface area contributed by atoms with E-state index in [1.165, 1.54) is 12.1 Å². The van der Waals surface area contributed by atoms with E-state index in [4.69, 9.17) is 19.0 Å². The zero-order valence-corrected chi connectivity index (χ0v) is 21.6. The Kier molecular flexibility index (Phi) is 6.42. The minimum absolute atomic E-state index is 0.0249. The zero-order valence-electron chi connectivity index (χ0n) is 19.2. The molecule has 14 nitrogen and oxygen atoms in total. The Morgan fingerprint density at radius 2 is 2.03 bits per heavy atom. The van der Waals surface area contributed by atoms with E-state index in [9.17, 15) is 22.4 Å². The second kappa shape index (κ2) is 8.97. The van der Waals surface area contributed by atoms with Gasteiger partial charge < -0.3 is 10.1 Å². The molecule has 1 amide bonds. The van der Waals surface area contributed by atoms with E-state index in [0.29, 0.717) is 17.1 Å². The summed E-state index contributed by atoms with van der Waals surface area (Å²) >= 11 is 3.05. The second-order valence-electron chi connectivity index (χ2n) is 9.03. The van der Waals surface area contributed by atoms with Crippen LogP contribution in [0.15, 0.2) is 36.6 Å². The maximum Gasteiger partial charge on any atom is 0.446 e. The molecule has 1 aliphatic rings. The van der Waals surface area contributed by atoms with Crippen LogP contribution in [0.5, 0.6) is 0 Å². The summed E-state index contributed by atoms with van der Waals surface area (Å²) in [7, 11) is -4.48. The number of anilines is 1. The maximum absolute atomic E-state index is 13.7. The number of aromatic nitrogens is 4. The second-order valence-corrected chi connectivity index (χ2v) is 11.3. The first kappa shape index (κ1) is 25.8. The van der Waals surface area contributed by atoms with Gasteiger partial charge in [0.15, 0.2) is 5.69 Å². The third kappa shape index (κ3) is 5.12. The highest BCUT2D eigenvalue weighted by Crippen LogP contribution is 2.44. The first-order valence-corrected chi connectivity index (χ1v) is 12.7.